The number of hydrogen-bond donors (Lipinski definition) is 2. The number of hydrogen-bond acceptors (Lipinski definition) is 4. The zero-order valence-corrected chi connectivity index (χ0v) is 10.8. The highest BCUT2D eigenvalue weighted by molar-refractivity contribution is 6.07. The van der Waals surface area contributed by atoms with E-state index in [2.05, 4.69) is 9.97 Å². The van der Waals surface area contributed by atoms with Crippen LogP contribution in [-0.2, 0) is 0 Å². The average Bonchev–Trinajstić information content (AvgIpc) is 2.27. The molecule has 7 heteroatoms. The lowest BCUT2D eigenvalue weighted by Gasteiger charge is -2.25. The largest absolute Gasteiger partial charge is 0.420 e. The predicted molar refractivity (Wildman–Crippen MR) is 66.4 cm³/mol. The van der Waals surface area contributed by atoms with Crippen LogP contribution in [0.25, 0.3) is 5.70 Å². The van der Waals surface area contributed by atoms with Crippen molar-refractivity contribution in [3.63, 3.8) is 0 Å². The van der Waals surface area contributed by atoms with Gasteiger partial charge in [-0.1, -0.05) is 20.8 Å². The van der Waals surface area contributed by atoms with Crippen molar-refractivity contribution in [3.05, 3.63) is 29.9 Å². The van der Waals surface area contributed by atoms with E-state index in [0.29, 0.717) is 0 Å². The summed E-state index contributed by atoms with van der Waals surface area (Å²) in [5, 5.41) is 7.73. The maximum Gasteiger partial charge on any atom is 0.420 e. The Bertz CT molecular complexity index is 498. The van der Waals surface area contributed by atoms with E-state index in [0.717, 1.165) is 6.33 Å². The van der Waals surface area contributed by atoms with E-state index in [9.17, 15) is 13.2 Å². The van der Waals surface area contributed by atoms with Crippen LogP contribution >= 0.6 is 0 Å². The summed E-state index contributed by atoms with van der Waals surface area (Å²) in [6, 6.07) is 1.27. The summed E-state index contributed by atoms with van der Waals surface area (Å²) in [5.74, 6) is 0. The zero-order valence-electron chi connectivity index (χ0n) is 10.8. The van der Waals surface area contributed by atoms with E-state index < -0.39 is 28.6 Å². The first-order valence-corrected chi connectivity index (χ1v) is 5.48. The van der Waals surface area contributed by atoms with Gasteiger partial charge in [0.05, 0.1) is 17.1 Å². The first-order chi connectivity index (χ1) is 8.55. The third kappa shape index (κ3) is 3.52. The summed E-state index contributed by atoms with van der Waals surface area (Å²) in [5.41, 5.74) is 2.25. The SMILES string of the molecule is CC(C)(C)C(=N)/C(=C(\N)c1ccncn1)C(F)(F)F. The Morgan fingerprint density at radius 3 is 2.21 bits per heavy atom. The lowest BCUT2D eigenvalue weighted by molar-refractivity contribution is -0.0863. The molecule has 0 aromatic carbocycles. The molecule has 0 bridgehead atoms. The maximum absolute atomic E-state index is 13.1. The van der Waals surface area contributed by atoms with Crippen LogP contribution in [0.3, 0.4) is 0 Å². The molecule has 0 aliphatic heterocycles. The van der Waals surface area contributed by atoms with Crippen LogP contribution in [0.4, 0.5) is 13.2 Å². The predicted octanol–water partition coefficient (Wildman–Crippen LogP) is 2.77. The second-order valence-electron chi connectivity index (χ2n) is 5.01. The minimum Gasteiger partial charge on any atom is -0.396 e. The molecule has 0 amide bonds. The van der Waals surface area contributed by atoms with E-state index in [4.69, 9.17) is 11.1 Å². The van der Waals surface area contributed by atoms with Gasteiger partial charge in [0.15, 0.2) is 0 Å². The van der Waals surface area contributed by atoms with Crippen LogP contribution in [0.15, 0.2) is 24.2 Å². The van der Waals surface area contributed by atoms with Gasteiger partial charge in [-0.05, 0) is 6.07 Å². The summed E-state index contributed by atoms with van der Waals surface area (Å²) < 4.78 is 39.3. The van der Waals surface area contributed by atoms with Crippen LogP contribution in [0, 0.1) is 10.8 Å². The molecule has 0 unspecified atom stereocenters. The molecule has 1 rings (SSSR count). The number of nitrogens with zero attached hydrogens (tertiary/aromatic N) is 2. The van der Waals surface area contributed by atoms with Crippen molar-refractivity contribution in [2.24, 2.45) is 11.1 Å². The Hall–Kier alpha value is -1.92. The summed E-state index contributed by atoms with van der Waals surface area (Å²) in [6.45, 7) is 4.57. The number of rotatable bonds is 2. The summed E-state index contributed by atoms with van der Waals surface area (Å²) in [7, 11) is 0. The topological polar surface area (TPSA) is 75.7 Å². The molecular formula is C12H15F3N4. The molecule has 0 aliphatic carbocycles. The van der Waals surface area contributed by atoms with E-state index in [1.807, 2.05) is 0 Å². The summed E-state index contributed by atoms with van der Waals surface area (Å²) in [6.07, 6.45) is -2.31. The van der Waals surface area contributed by atoms with Gasteiger partial charge in [0.2, 0.25) is 0 Å². The van der Waals surface area contributed by atoms with Gasteiger partial charge in [0.25, 0.3) is 0 Å². The molecule has 3 N–H and O–H groups in total. The van der Waals surface area contributed by atoms with Crippen LogP contribution < -0.4 is 5.73 Å². The first kappa shape index (κ1) is 15.1. The molecule has 0 saturated heterocycles. The zero-order chi connectivity index (χ0) is 14.8. The van der Waals surface area contributed by atoms with Gasteiger partial charge < -0.3 is 11.1 Å². The standard InChI is InChI=1S/C12H15F3N4/c1-11(2,3)10(17)8(12(13,14)15)9(16)7-4-5-18-6-19-7/h4-6,17H,16H2,1-3H3/b9-8+,17-10?. The fraction of sp³-hybridized carbons (Fsp3) is 0.417. The molecule has 4 nitrogen and oxygen atoms in total. The third-order valence-corrected chi connectivity index (χ3v) is 2.41. The molecule has 0 atom stereocenters. The van der Waals surface area contributed by atoms with Crippen LogP contribution in [0.2, 0.25) is 0 Å². The number of nitrogens with one attached hydrogen (secondary N) is 1. The highest BCUT2D eigenvalue weighted by Crippen LogP contribution is 2.35. The van der Waals surface area contributed by atoms with Crippen LogP contribution in [0.1, 0.15) is 26.5 Å². The molecule has 1 aromatic heterocycles. The molecule has 1 aromatic rings. The normalized spacial score (nSPS) is 14.0. The van der Waals surface area contributed by atoms with E-state index in [1.165, 1.54) is 33.0 Å². The molecule has 0 saturated carbocycles. The van der Waals surface area contributed by atoms with Crippen molar-refractivity contribution in [1.82, 2.24) is 9.97 Å². The van der Waals surface area contributed by atoms with Gasteiger partial charge in [0.1, 0.15) is 11.9 Å². The fourth-order valence-electron chi connectivity index (χ4n) is 1.38. The minimum atomic E-state index is -4.71. The second kappa shape index (κ2) is 4.99. The lowest BCUT2D eigenvalue weighted by Crippen LogP contribution is -2.32. The van der Waals surface area contributed by atoms with Gasteiger partial charge in [-0.15, -0.1) is 0 Å². The van der Waals surface area contributed by atoms with Crippen LogP contribution in [-0.4, -0.2) is 21.9 Å². The highest BCUT2D eigenvalue weighted by Gasteiger charge is 2.42. The van der Waals surface area contributed by atoms with Gasteiger partial charge in [-0.3, -0.25) is 0 Å². The number of halogens is 3. The Labute approximate surface area is 109 Å². The minimum absolute atomic E-state index is 0.0451. The van der Waals surface area contributed by atoms with Crippen molar-refractivity contribution in [1.29, 1.82) is 5.41 Å². The van der Waals surface area contributed by atoms with Crippen molar-refractivity contribution in [2.75, 3.05) is 0 Å². The lowest BCUT2D eigenvalue weighted by atomic mass is 9.84. The molecule has 19 heavy (non-hydrogen) atoms. The first-order valence-electron chi connectivity index (χ1n) is 5.48. The van der Waals surface area contributed by atoms with Crippen molar-refractivity contribution < 1.29 is 13.2 Å². The molecule has 104 valence electrons. The van der Waals surface area contributed by atoms with Gasteiger partial charge in [-0.25, -0.2) is 9.97 Å². The van der Waals surface area contributed by atoms with Crippen molar-refractivity contribution >= 4 is 11.4 Å². The highest BCUT2D eigenvalue weighted by atomic mass is 19.4. The molecule has 1 heterocycles. The smallest absolute Gasteiger partial charge is 0.396 e. The molecular weight excluding hydrogens is 257 g/mol. The summed E-state index contributed by atoms with van der Waals surface area (Å²) in [4.78, 5) is 7.31. The van der Waals surface area contributed by atoms with E-state index in [1.54, 1.807) is 0 Å². The second-order valence-corrected chi connectivity index (χ2v) is 5.01. The van der Waals surface area contributed by atoms with Crippen molar-refractivity contribution in [3.8, 4) is 0 Å². The van der Waals surface area contributed by atoms with Crippen LogP contribution in [0.5, 0.6) is 0 Å². The Morgan fingerprint density at radius 2 is 1.84 bits per heavy atom. The average molecular weight is 272 g/mol. The Kier molecular flexibility index (Phi) is 3.97. The molecule has 0 aliphatic rings. The van der Waals surface area contributed by atoms with Crippen molar-refractivity contribution in [2.45, 2.75) is 26.9 Å². The molecule has 0 radical (unpaired) electrons. The summed E-state index contributed by atoms with van der Waals surface area (Å²) >= 11 is 0. The van der Waals surface area contributed by atoms with E-state index >= 15 is 0 Å². The third-order valence-electron chi connectivity index (χ3n) is 2.41. The number of alkyl halides is 3. The van der Waals surface area contributed by atoms with Gasteiger partial charge in [0, 0.05) is 11.6 Å². The monoisotopic (exact) mass is 272 g/mol. The van der Waals surface area contributed by atoms with Gasteiger partial charge in [-0.2, -0.15) is 13.2 Å². The number of nitrogens with two attached hydrogens (primary N) is 1. The van der Waals surface area contributed by atoms with Gasteiger partial charge >= 0.3 is 6.18 Å². The number of aromatic nitrogens is 2. The molecule has 0 spiro atoms. The Balaban J connectivity index is 3.46. The Morgan fingerprint density at radius 1 is 1.26 bits per heavy atom. The maximum atomic E-state index is 13.1. The quantitative estimate of drug-likeness (QED) is 0.813. The molecule has 0 fully saturated rings. The number of allylic oxidation sites excluding steroid dienone is 1. The fourth-order valence-corrected chi connectivity index (χ4v) is 1.38. The van der Waals surface area contributed by atoms with E-state index in [-0.39, 0.29) is 5.69 Å².